The molecular formula is C17H28N4O2. The number of nitrogens with two attached hydrogens (primary N) is 1. The summed E-state index contributed by atoms with van der Waals surface area (Å²) < 4.78 is 5.21. The standard InChI is InChI=1S/C17H28N4O2/c1-5-11-19-15(18)20-12-10-13-6-8-14(9-7-13)21-16(22)23-17(2,3)4/h6-9H,5,10-12H2,1-4H3,(H,21,22)(H3,18,19,20). The van der Waals surface area contributed by atoms with E-state index in [1.54, 1.807) is 0 Å². The number of hydrogen-bond donors (Lipinski definition) is 3. The van der Waals surface area contributed by atoms with Gasteiger partial charge in [0.2, 0.25) is 0 Å². The largest absolute Gasteiger partial charge is 0.444 e. The predicted molar refractivity (Wildman–Crippen MR) is 94.8 cm³/mol. The Morgan fingerprint density at radius 2 is 1.91 bits per heavy atom. The number of nitrogens with one attached hydrogen (secondary N) is 2. The quantitative estimate of drug-likeness (QED) is 0.555. The van der Waals surface area contributed by atoms with Gasteiger partial charge < -0.3 is 15.8 Å². The van der Waals surface area contributed by atoms with Crippen LogP contribution in [0.3, 0.4) is 0 Å². The van der Waals surface area contributed by atoms with Crippen LogP contribution < -0.4 is 16.4 Å². The van der Waals surface area contributed by atoms with Gasteiger partial charge in [-0.2, -0.15) is 0 Å². The van der Waals surface area contributed by atoms with Crippen molar-refractivity contribution in [2.45, 2.75) is 46.1 Å². The van der Waals surface area contributed by atoms with Crippen molar-refractivity contribution in [1.82, 2.24) is 5.32 Å². The fourth-order valence-electron chi connectivity index (χ4n) is 1.80. The van der Waals surface area contributed by atoms with Gasteiger partial charge in [-0.1, -0.05) is 19.1 Å². The second-order valence-corrected chi connectivity index (χ2v) is 6.27. The van der Waals surface area contributed by atoms with Gasteiger partial charge in [0.25, 0.3) is 0 Å². The number of benzene rings is 1. The average molecular weight is 320 g/mol. The van der Waals surface area contributed by atoms with Crippen molar-refractivity contribution < 1.29 is 9.53 Å². The van der Waals surface area contributed by atoms with E-state index < -0.39 is 11.7 Å². The number of rotatable bonds is 6. The molecule has 0 aromatic heterocycles. The van der Waals surface area contributed by atoms with Crippen molar-refractivity contribution in [2.75, 3.05) is 18.4 Å². The van der Waals surface area contributed by atoms with Gasteiger partial charge in [0.1, 0.15) is 5.60 Å². The van der Waals surface area contributed by atoms with Gasteiger partial charge >= 0.3 is 6.09 Å². The highest BCUT2D eigenvalue weighted by molar-refractivity contribution is 5.84. The summed E-state index contributed by atoms with van der Waals surface area (Å²) in [6, 6.07) is 7.64. The molecule has 0 spiro atoms. The zero-order chi connectivity index (χ0) is 17.3. The zero-order valence-corrected chi connectivity index (χ0v) is 14.5. The average Bonchev–Trinajstić information content (AvgIpc) is 2.45. The smallest absolute Gasteiger partial charge is 0.412 e. The van der Waals surface area contributed by atoms with Gasteiger partial charge in [-0.3, -0.25) is 10.3 Å². The molecule has 0 aliphatic heterocycles. The second kappa shape index (κ2) is 9.02. The van der Waals surface area contributed by atoms with Crippen LogP contribution in [0.2, 0.25) is 0 Å². The minimum absolute atomic E-state index is 0.452. The molecule has 1 rings (SSSR count). The van der Waals surface area contributed by atoms with Crippen LogP contribution in [0.5, 0.6) is 0 Å². The first-order valence-electron chi connectivity index (χ1n) is 7.93. The summed E-state index contributed by atoms with van der Waals surface area (Å²) in [4.78, 5) is 15.8. The Labute approximate surface area is 138 Å². The monoisotopic (exact) mass is 320 g/mol. The Morgan fingerprint density at radius 3 is 2.48 bits per heavy atom. The van der Waals surface area contributed by atoms with Crippen LogP contribution in [0.4, 0.5) is 10.5 Å². The van der Waals surface area contributed by atoms with Crippen molar-refractivity contribution in [1.29, 1.82) is 0 Å². The summed E-state index contributed by atoms with van der Waals surface area (Å²) in [6.07, 6.45) is 1.36. The molecule has 0 aliphatic rings. The van der Waals surface area contributed by atoms with E-state index in [9.17, 15) is 4.79 Å². The van der Waals surface area contributed by atoms with E-state index in [2.05, 4.69) is 22.5 Å². The number of guanidine groups is 1. The molecule has 128 valence electrons. The zero-order valence-electron chi connectivity index (χ0n) is 14.5. The molecule has 0 bridgehead atoms. The van der Waals surface area contributed by atoms with E-state index in [1.807, 2.05) is 45.0 Å². The molecule has 1 aromatic carbocycles. The Morgan fingerprint density at radius 1 is 1.26 bits per heavy atom. The van der Waals surface area contributed by atoms with Gasteiger partial charge in [-0.05, 0) is 51.3 Å². The van der Waals surface area contributed by atoms with Crippen molar-refractivity contribution in [3.05, 3.63) is 29.8 Å². The van der Waals surface area contributed by atoms with Crippen LogP contribution in [-0.2, 0) is 11.2 Å². The highest BCUT2D eigenvalue weighted by atomic mass is 16.6. The Balaban J connectivity index is 2.40. The Kier molecular flexibility index (Phi) is 7.38. The van der Waals surface area contributed by atoms with E-state index in [4.69, 9.17) is 10.5 Å². The first-order chi connectivity index (χ1) is 10.8. The third-order valence-electron chi connectivity index (χ3n) is 2.82. The number of carbonyl (C=O) groups is 1. The lowest BCUT2D eigenvalue weighted by molar-refractivity contribution is 0.0636. The van der Waals surface area contributed by atoms with Crippen molar-refractivity contribution >= 4 is 17.7 Å². The summed E-state index contributed by atoms with van der Waals surface area (Å²) >= 11 is 0. The molecule has 1 aromatic rings. The van der Waals surface area contributed by atoms with E-state index in [1.165, 1.54) is 0 Å². The lowest BCUT2D eigenvalue weighted by Gasteiger charge is -2.19. The lowest BCUT2D eigenvalue weighted by Crippen LogP contribution is -2.33. The van der Waals surface area contributed by atoms with Gasteiger partial charge in [-0.25, -0.2) is 4.79 Å². The minimum atomic E-state index is -0.505. The maximum absolute atomic E-state index is 11.7. The van der Waals surface area contributed by atoms with Crippen LogP contribution >= 0.6 is 0 Å². The van der Waals surface area contributed by atoms with Gasteiger partial charge in [0, 0.05) is 18.8 Å². The Hall–Kier alpha value is -2.24. The van der Waals surface area contributed by atoms with Gasteiger partial charge in [0.05, 0.1) is 0 Å². The minimum Gasteiger partial charge on any atom is -0.444 e. The van der Waals surface area contributed by atoms with Crippen LogP contribution in [-0.4, -0.2) is 30.7 Å². The molecule has 0 fully saturated rings. The van der Waals surface area contributed by atoms with E-state index in [0.29, 0.717) is 11.6 Å². The molecule has 0 heterocycles. The molecule has 0 unspecified atom stereocenters. The number of ether oxygens (including phenoxy) is 1. The van der Waals surface area contributed by atoms with E-state index in [0.717, 1.165) is 31.5 Å². The molecule has 0 saturated carbocycles. The molecule has 0 radical (unpaired) electrons. The first kappa shape index (κ1) is 18.8. The summed E-state index contributed by atoms with van der Waals surface area (Å²) in [5.41, 5.74) is 7.08. The van der Waals surface area contributed by atoms with E-state index >= 15 is 0 Å². The van der Waals surface area contributed by atoms with Gasteiger partial charge in [-0.15, -0.1) is 0 Å². The van der Waals surface area contributed by atoms with Gasteiger partial charge in [0.15, 0.2) is 5.96 Å². The molecule has 0 atom stereocenters. The molecule has 1 amide bonds. The molecule has 4 N–H and O–H groups in total. The number of amides is 1. The maximum atomic E-state index is 11.7. The van der Waals surface area contributed by atoms with Crippen molar-refractivity contribution in [3.63, 3.8) is 0 Å². The third kappa shape index (κ3) is 8.70. The van der Waals surface area contributed by atoms with Crippen LogP contribution in [0.15, 0.2) is 29.3 Å². The normalized spacial score (nSPS) is 11.9. The molecule has 0 aliphatic carbocycles. The lowest BCUT2D eigenvalue weighted by atomic mass is 10.1. The highest BCUT2D eigenvalue weighted by Crippen LogP contribution is 2.13. The fourth-order valence-corrected chi connectivity index (χ4v) is 1.80. The Bertz CT molecular complexity index is 518. The SMILES string of the molecule is CCCN=C(N)NCCc1ccc(NC(=O)OC(C)(C)C)cc1. The van der Waals surface area contributed by atoms with Crippen LogP contribution in [0.1, 0.15) is 39.7 Å². The predicted octanol–water partition coefficient (Wildman–Crippen LogP) is 2.89. The van der Waals surface area contributed by atoms with Crippen molar-refractivity contribution in [2.24, 2.45) is 10.7 Å². The summed E-state index contributed by atoms with van der Waals surface area (Å²) in [5.74, 6) is 0.482. The second-order valence-electron chi connectivity index (χ2n) is 6.27. The van der Waals surface area contributed by atoms with Crippen LogP contribution in [0, 0.1) is 0 Å². The topological polar surface area (TPSA) is 88.7 Å². The number of nitrogens with zero attached hydrogens (tertiary/aromatic N) is 1. The number of hydrogen-bond acceptors (Lipinski definition) is 3. The number of aliphatic imine (C=N–C) groups is 1. The molecule has 0 saturated heterocycles. The van der Waals surface area contributed by atoms with Crippen LogP contribution in [0.25, 0.3) is 0 Å². The first-order valence-corrected chi connectivity index (χ1v) is 7.93. The summed E-state index contributed by atoms with van der Waals surface area (Å²) in [7, 11) is 0. The molecule has 23 heavy (non-hydrogen) atoms. The molecular weight excluding hydrogens is 292 g/mol. The number of anilines is 1. The maximum Gasteiger partial charge on any atom is 0.412 e. The van der Waals surface area contributed by atoms with Crippen molar-refractivity contribution in [3.8, 4) is 0 Å². The third-order valence-corrected chi connectivity index (χ3v) is 2.82. The summed E-state index contributed by atoms with van der Waals surface area (Å²) in [6.45, 7) is 9.01. The molecule has 6 heteroatoms. The summed E-state index contributed by atoms with van der Waals surface area (Å²) in [5, 5.41) is 5.78. The fraction of sp³-hybridized carbons (Fsp3) is 0.529. The van der Waals surface area contributed by atoms with E-state index in [-0.39, 0.29) is 0 Å². The highest BCUT2D eigenvalue weighted by Gasteiger charge is 2.15. The molecule has 6 nitrogen and oxygen atoms in total. The number of carbonyl (C=O) groups excluding carboxylic acids is 1.